The summed E-state index contributed by atoms with van der Waals surface area (Å²) < 4.78 is 36.2. The molecule has 0 N–H and O–H groups in total. The molecule has 0 amide bonds. The maximum atomic E-state index is 10.7. The summed E-state index contributed by atoms with van der Waals surface area (Å²) in [5, 5.41) is 9.06. The Labute approximate surface area is 130 Å². The highest BCUT2D eigenvalue weighted by Gasteiger charge is 2.20. The van der Waals surface area contributed by atoms with Gasteiger partial charge in [0.15, 0.2) is 11.0 Å². The molecule has 1 aromatic heterocycles. The smallest absolute Gasteiger partial charge is 0.254 e. The Hall–Kier alpha value is -1.91. The van der Waals surface area contributed by atoms with Gasteiger partial charge in [-0.2, -0.15) is 5.26 Å². The third-order valence-corrected chi connectivity index (χ3v) is 4.60. The van der Waals surface area contributed by atoms with Gasteiger partial charge in [-0.05, 0) is 31.9 Å². The van der Waals surface area contributed by atoms with E-state index < -0.39 is 10.1 Å². The number of nitrogens with zero attached hydrogens (tertiary/aromatic N) is 3. The van der Waals surface area contributed by atoms with E-state index in [-0.39, 0.29) is 5.75 Å². The Bertz CT molecular complexity index is 832. The molecule has 0 unspecified atom stereocenters. The lowest BCUT2D eigenvalue weighted by Gasteiger charge is -2.05. The maximum Gasteiger partial charge on any atom is 0.254 e. The monoisotopic (exact) mass is 321 g/mol. The van der Waals surface area contributed by atoms with Gasteiger partial charge < -0.3 is 4.55 Å². The van der Waals surface area contributed by atoms with Crippen molar-refractivity contribution in [1.29, 1.82) is 5.26 Å². The van der Waals surface area contributed by atoms with Crippen LogP contribution in [0, 0.1) is 18.3 Å². The summed E-state index contributed by atoms with van der Waals surface area (Å²) in [6.07, 6.45) is 0.946. The second-order valence-corrected chi connectivity index (χ2v) is 6.75. The molecule has 0 bridgehead atoms. The van der Waals surface area contributed by atoms with E-state index in [9.17, 15) is 13.0 Å². The van der Waals surface area contributed by atoms with Gasteiger partial charge in [-0.25, -0.2) is 17.6 Å². The molecule has 6 nitrogen and oxygen atoms in total. The van der Waals surface area contributed by atoms with E-state index in [1.54, 1.807) is 6.07 Å². The van der Waals surface area contributed by atoms with Crippen molar-refractivity contribution in [3.63, 3.8) is 0 Å². The number of aromatic nitrogens is 2. The average Bonchev–Trinajstić information content (AvgIpc) is 2.73. The molecule has 0 aliphatic heterocycles. The Kier molecular flexibility index (Phi) is 4.84. The van der Waals surface area contributed by atoms with Gasteiger partial charge in [-0.1, -0.05) is 0 Å². The zero-order valence-electron chi connectivity index (χ0n) is 12.7. The summed E-state index contributed by atoms with van der Waals surface area (Å²) in [6, 6.07) is 7.71. The van der Waals surface area contributed by atoms with Crippen LogP contribution in [0.15, 0.2) is 18.2 Å². The first-order chi connectivity index (χ1) is 10.4. The van der Waals surface area contributed by atoms with E-state index in [0.29, 0.717) is 24.9 Å². The van der Waals surface area contributed by atoms with Crippen LogP contribution in [0.2, 0.25) is 0 Å². The zero-order valence-corrected chi connectivity index (χ0v) is 13.6. The van der Waals surface area contributed by atoms with Crippen LogP contribution in [0.5, 0.6) is 0 Å². The van der Waals surface area contributed by atoms with Gasteiger partial charge in [-0.3, -0.25) is 0 Å². The number of unbranched alkanes of at least 4 members (excludes halogenated alkanes) is 1. The number of rotatable bonds is 6. The van der Waals surface area contributed by atoms with E-state index in [1.807, 2.05) is 19.1 Å². The van der Waals surface area contributed by atoms with Crippen LogP contribution in [0.25, 0.3) is 11.0 Å². The van der Waals surface area contributed by atoms with Gasteiger partial charge in [0.1, 0.15) is 0 Å². The molecule has 22 heavy (non-hydrogen) atoms. The molecule has 0 saturated heterocycles. The number of fused-ring (bicyclic) bond motifs is 1. The van der Waals surface area contributed by atoms with E-state index in [1.165, 1.54) is 0 Å². The Morgan fingerprint density at radius 3 is 2.68 bits per heavy atom. The second kappa shape index (κ2) is 6.46. The van der Waals surface area contributed by atoms with Crippen LogP contribution in [0.1, 0.15) is 31.2 Å². The minimum absolute atomic E-state index is 0.331. The summed E-state index contributed by atoms with van der Waals surface area (Å²) in [5.74, 6) is 0.722. The van der Waals surface area contributed by atoms with Crippen molar-refractivity contribution < 1.29 is 17.5 Å². The van der Waals surface area contributed by atoms with Crippen LogP contribution >= 0.6 is 0 Å². The Balaban J connectivity index is 2.31. The lowest BCUT2D eigenvalue weighted by atomic mass is 10.2. The first kappa shape index (κ1) is 16.5. The molecule has 2 rings (SSSR count). The molecule has 1 aromatic carbocycles. The summed E-state index contributed by atoms with van der Waals surface area (Å²) in [6.45, 7) is 5.49. The molecular weight excluding hydrogens is 302 g/mol. The summed E-state index contributed by atoms with van der Waals surface area (Å²) in [7, 11) is -4.15. The first-order valence-electron chi connectivity index (χ1n) is 7.23. The summed E-state index contributed by atoms with van der Waals surface area (Å²) in [4.78, 5) is 0. The molecule has 2 aromatic rings. The molecule has 0 aliphatic rings. The third-order valence-electron chi connectivity index (χ3n) is 3.81. The van der Waals surface area contributed by atoms with E-state index in [2.05, 4.69) is 22.1 Å². The third kappa shape index (κ3) is 3.46. The van der Waals surface area contributed by atoms with Crippen molar-refractivity contribution >= 4 is 21.2 Å². The van der Waals surface area contributed by atoms with Gasteiger partial charge in [-0.15, -0.1) is 0 Å². The number of benzene rings is 1. The number of nitriles is 1. The molecular formula is C15H19N3O3S. The van der Waals surface area contributed by atoms with E-state index in [0.717, 1.165) is 23.4 Å². The second-order valence-electron chi connectivity index (χ2n) is 5.23. The fraction of sp³-hybridized carbons (Fsp3) is 0.467. The van der Waals surface area contributed by atoms with Gasteiger partial charge in [0, 0.05) is 18.7 Å². The molecule has 0 saturated carbocycles. The van der Waals surface area contributed by atoms with Gasteiger partial charge in [0.25, 0.3) is 5.82 Å². The minimum Gasteiger partial charge on any atom is -0.748 e. The van der Waals surface area contributed by atoms with Crippen molar-refractivity contribution in [2.75, 3.05) is 5.75 Å². The summed E-state index contributed by atoms with van der Waals surface area (Å²) >= 11 is 0. The largest absolute Gasteiger partial charge is 0.748 e. The SMILES string of the molecule is CC[n+]1c(C)n(CCCCS(=O)(=O)[O-])c2cc(C#N)ccc21. The van der Waals surface area contributed by atoms with Crippen LogP contribution in [0.3, 0.4) is 0 Å². The molecule has 0 aliphatic carbocycles. The van der Waals surface area contributed by atoms with Gasteiger partial charge in [0.2, 0.25) is 0 Å². The molecule has 0 atom stereocenters. The highest BCUT2D eigenvalue weighted by atomic mass is 32.2. The van der Waals surface area contributed by atoms with Crippen molar-refractivity contribution in [2.24, 2.45) is 0 Å². The van der Waals surface area contributed by atoms with Crippen LogP contribution < -0.4 is 4.57 Å². The predicted molar refractivity (Wildman–Crippen MR) is 81.1 cm³/mol. The fourth-order valence-corrected chi connectivity index (χ4v) is 3.32. The zero-order chi connectivity index (χ0) is 16.3. The number of hydrogen-bond acceptors (Lipinski definition) is 4. The lowest BCUT2D eigenvalue weighted by molar-refractivity contribution is -0.675. The molecule has 7 heteroatoms. The highest BCUT2D eigenvalue weighted by molar-refractivity contribution is 7.85. The van der Waals surface area contributed by atoms with E-state index in [4.69, 9.17) is 5.26 Å². The van der Waals surface area contributed by atoms with Crippen molar-refractivity contribution in [2.45, 2.75) is 39.8 Å². The van der Waals surface area contributed by atoms with Crippen molar-refractivity contribution in [3.8, 4) is 6.07 Å². The number of imidazole rings is 1. The Morgan fingerprint density at radius 2 is 2.09 bits per heavy atom. The van der Waals surface area contributed by atoms with E-state index >= 15 is 0 Å². The van der Waals surface area contributed by atoms with Crippen molar-refractivity contribution in [3.05, 3.63) is 29.6 Å². The summed E-state index contributed by atoms with van der Waals surface area (Å²) in [5.41, 5.74) is 2.61. The number of hydrogen-bond donors (Lipinski definition) is 0. The highest BCUT2D eigenvalue weighted by Crippen LogP contribution is 2.17. The van der Waals surface area contributed by atoms with Crippen molar-refractivity contribution in [1.82, 2.24) is 4.57 Å². The quantitative estimate of drug-likeness (QED) is 0.457. The molecule has 0 spiro atoms. The minimum atomic E-state index is -4.15. The fourth-order valence-electron chi connectivity index (χ4n) is 2.76. The maximum absolute atomic E-state index is 10.7. The molecule has 1 heterocycles. The topological polar surface area (TPSA) is 89.8 Å². The predicted octanol–water partition coefficient (Wildman–Crippen LogP) is 1.45. The molecule has 118 valence electrons. The van der Waals surface area contributed by atoms with Gasteiger partial charge >= 0.3 is 0 Å². The average molecular weight is 321 g/mol. The Morgan fingerprint density at radius 1 is 1.36 bits per heavy atom. The normalized spacial score (nSPS) is 11.7. The standard InChI is InChI=1S/C15H19N3O3S/c1-3-17-12(2)18(8-4-5-9-22(19,20)21)15-10-13(11-16)6-7-14(15)17/h6-7,10H,3-5,8-9H2,1-2H3. The number of aryl methyl sites for hydroxylation is 2. The molecule has 0 fully saturated rings. The van der Waals surface area contributed by atoms with Crippen LogP contribution in [-0.4, -0.2) is 23.3 Å². The van der Waals surface area contributed by atoms with Gasteiger partial charge in [0.05, 0.1) is 34.8 Å². The van der Waals surface area contributed by atoms with Crippen LogP contribution in [0.4, 0.5) is 0 Å². The van der Waals surface area contributed by atoms with Crippen LogP contribution in [-0.2, 0) is 23.2 Å². The molecule has 0 radical (unpaired) electrons. The lowest BCUT2D eigenvalue weighted by Crippen LogP contribution is -2.35. The first-order valence-corrected chi connectivity index (χ1v) is 8.81.